The van der Waals surface area contributed by atoms with Crippen LogP contribution in [0.25, 0.3) is 11.0 Å². The Morgan fingerprint density at radius 3 is 2.85 bits per heavy atom. The molecule has 0 aliphatic rings. The molecule has 2 aromatic rings. The lowest BCUT2D eigenvalue weighted by molar-refractivity contribution is -0.137. The van der Waals surface area contributed by atoms with Crippen LogP contribution in [0.2, 0.25) is 0 Å². The van der Waals surface area contributed by atoms with E-state index in [-0.39, 0.29) is 6.61 Å². The maximum absolute atomic E-state index is 11.1. The maximum atomic E-state index is 11.1. The molecule has 104 valence electrons. The molecule has 0 fully saturated rings. The van der Waals surface area contributed by atoms with E-state index in [1.807, 2.05) is 6.07 Å². The number of rotatable bonds is 6. The molecule has 0 atom stereocenters. The Bertz CT molecular complexity index is 671. The highest BCUT2D eigenvalue weighted by Gasteiger charge is 2.01. The molecule has 0 radical (unpaired) electrons. The number of esters is 1. The smallest absolute Gasteiger partial charge is 0.336 e. The van der Waals surface area contributed by atoms with Crippen molar-refractivity contribution in [3.63, 3.8) is 0 Å². The summed E-state index contributed by atoms with van der Waals surface area (Å²) in [6.45, 7) is 3.97. The summed E-state index contributed by atoms with van der Waals surface area (Å²) in [5.41, 5.74) is 0.0825. The maximum Gasteiger partial charge on any atom is 0.336 e. The minimum absolute atomic E-state index is 0.271. The molecular formula is C15H14O5. The Morgan fingerprint density at radius 1 is 1.25 bits per heavy atom. The highest BCUT2D eigenvalue weighted by Crippen LogP contribution is 2.19. The fraction of sp³-hybridized carbons (Fsp3) is 0.200. The second-order valence-electron chi connectivity index (χ2n) is 4.03. The second-order valence-corrected chi connectivity index (χ2v) is 4.03. The number of carbonyl (C=O) groups excluding carboxylic acids is 1. The zero-order valence-corrected chi connectivity index (χ0v) is 10.8. The van der Waals surface area contributed by atoms with Crippen LogP contribution in [0.15, 0.2) is 52.2 Å². The van der Waals surface area contributed by atoms with Gasteiger partial charge in [0.15, 0.2) is 0 Å². The van der Waals surface area contributed by atoms with Crippen molar-refractivity contribution in [2.75, 3.05) is 13.2 Å². The van der Waals surface area contributed by atoms with Crippen molar-refractivity contribution in [3.05, 3.63) is 53.4 Å². The molecule has 5 nitrogen and oxygen atoms in total. The largest absolute Gasteiger partial charge is 0.493 e. The van der Waals surface area contributed by atoms with Crippen LogP contribution in [0.4, 0.5) is 0 Å². The molecule has 0 spiro atoms. The molecule has 2 rings (SSSR count). The molecule has 0 amide bonds. The molecule has 0 unspecified atom stereocenters. The first kappa shape index (κ1) is 13.9. The molecule has 0 N–H and O–H groups in total. The molecule has 20 heavy (non-hydrogen) atoms. The van der Waals surface area contributed by atoms with Crippen molar-refractivity contribution >= 4 is 16.9 Å². The molecule has 1 aromatic carbocycles. The summed E-state index contributed by atoms with van der Waals surface area (Å²) < 4.78 is 15.4. The normalized spacial score (nSPS) is 10.2. The Kier molecular flexibility index (Phi) is 4.55. The topological polar surface area (TPSA) is 65.7 Å². The summed E-state index contributed by atoms with van der Waals surface area (Å²) in [6, 6.07) is 8.33. The van der Waals surface area contributed by atoms with Crippen molar-refractivity contribution in [1.29, 1.82) is 0 Å². The summed E-state index contributed by atoms with van der Waals surface area (Å²) in [6.07, 6.45) is 1.68. The first-order chi connectivity index (χ1) is 9.69. The number of hydrogen-bond donors (Lipinski definition) is 0. The van der Waals surface area contributed by atoms with E-state index >= 15 is 0 Å². The van der Waals surface area contributed by atoms with Gasteiger partial charge in [-0.1, -0.05) is 6.58 Å². The Hall–Kier alpha value is -2.56. The van der Waals surface area contributed by atoms with Gasteiger partial charge in [0, 0.05) is 30.0 Å². The van der Waals surface area contributed by atoms with Gasteiger partial charge in [-0.15, -0.1) is 0 Å². The van der Waals surface area contributed by atoms with Crippen molar-refractivity contribution in [2.45, 2.75) is 6.42 Å². The third kappa shape index (κ3) is 3.71. The van der Waals surface area contributed by atoms with E-state index in [0.717, 1.165) is 11.5 Å². The Balaban J connectivity index is 1.88. The predicted molar refractivity (Wildman–Crippen MR) is 73.8 cm³/mol. The molecule has 1 aromatic heterocycles. The fourth-order valence-corrected chi connectivity index (χ4v) is 1.61. The second kappa shape index (κ2) is 6.56. The highest BCUT2D eigenvalue weighted by atomic mass is 16.5. The third-order valence-corrected chi connectivity index (χ3v) is 2.56. The number of hydrogen-bond acceptors (Lipinski definition) is 5. The zero-order valence-electron chi connectivity index (χ0n) is 10.8. The van der Waals surface area contributed by atoms with Gasteiger partial charge < -0.3 is 13.9 Å². The minimum Gasteiger partial charge on any atom is -0.493 e. The van der Waals surface area contributed by atoms with Crippen LogP contribution < -0.4 is 10.4 Å². The molecule has 5 heteroatoms. The monoisotopic (exact) mass is 274 g/mol. The number of ether oxygens (including phenoxy) is 2. The molecule has 0 bridgehead atoms. The molecule has 0 saturated carbocycles. The summed E-state index contributed by atoms with van der Waals surface area (Å²) in [7, 11) is 0. The zero-order chi connectivity index (χ0) is 14.4. The molecule has 0 aliphatic heterocycles. The summed E-state index contributed by atoms with van der Waals surface area (Å²) >= 11 is 0. The van der Waals surface area contributed by atoms with Gasteiger partial charge in [-0.2, -0.15) is 0 Å². The predicted octanol–water partition coefficient (Wildman–Crippen LogP) is 2.29. The van der Waals surface area contributed by atoms with Gasteiger partial charge in [0.05, 0.1) is 13.2 Å². The Morgan fingerprint density at radius 2 is 2.05 bits per heavy atom. The third-order valence-electron chi connectivity index (χ3n) is 2.56. The van der Waals surface area contributed by atoms with Crippen LogP contribution in [-0.2, 0) is 9.53 Å². The van der Waals surface area contributed by atoms with E-state index in [9.17, 15) is 9.59 Å². The van der Waals surface area contributed by atoms with E-state index in [4.69, 9.17) is 13.9 Å². The Labute approximate surface area is 115 Å². The van der Waals surface area contributed by atoms with Gasteiger partial charge in [0.1, 0.15) is 11.3 Å². The van der Waals surface area contributed by atoms with E-state index in [1.54, 1.807) is 18.2 Å². The van der Waals surface area contributed by atoms with Crippen LogP contribution in [0.5, 0.6) is 5.75 Å². The number of carbonyl (C=O) groups is 1. The van der Waals surface area contributed by atoms with Gasteiger partial charge in [0.25, 0.3) is 0 Å². The van der Waals surface area contributed by atoms with Crippen LogP contribution in [0.3, 0.4) is 0 Å². The molecule has 1 heterocycles. The van der Waals surface area contributed by atoms with Crippen LogP contribution in [-0.4, -0.2) is 19.2 Å². The lowest BCUT2D eigenvalue weighted by Gasteiger charge is -2.06. The number of fused-ring (bicyclic) bond motifs is 1. The van der Waals surface area contributed by atoms with Crippen molar-refractivity contribution in [1.82, 2.24) is 0 Å². The average molecular weight is 274 g/mol. The van der Waals surface area contributed by atoms with Crippen molar-refractivity contribution in [2.24, 2.45) is 0 Å². The van der Waals surface area contributed by atoms with E-state index in [2.05, 4.69) is 6.58 Å². The van der Waals surface area contributed by atoms with E-state index in [1.165, 1.54) is 6.07 Å². The van der Waals surface area contributed by atoms with Crippen LogP contribution >= 0.6 is 0 Å². The molecular weight excluding hydrogens is 260 g/mol. The molecule has 0 saturated heterocycles. The average Bonchev–Trinajstić information content (AvgIpc) is 2.46. The van der Waals surface area contributed by atoms with Gasteiger partial charge in [-0.3, -0.25) is 0 Å². The van der Waals surface area contributed by atoms with Gasteiger partial charge in [-0.05, 0) is 18.2 Å². The summed E-state index contributed by atoms with van der Waals surface area (Å²) in [5, 5.41) is 0.830. The van der Waals surface area contributed by atoms with Gasteiger partial charge in [-0.25, -0.2) is 9.59 Å². The van der Waals surface area contributed by atoms with Crippen LogP contribution in [0, 0.1) is 0 Å². The number of benzene rings is 1. The van der Waals surface area contributed by atoms with Crippen molar-refractivity contribution in [3.8, 4) is 5.75 Å². The van der Waals surface area contributed by atoms with E-state index < -0.39 is 11.6 Å². The van der Waals surface area contributed by atoms with Gasteiger partial charge >= 0.3 is 11.6 Å². The summed E-state index contributed by atoms with van der Waals surface area (Å²) in [5.74, 6) is 0.152. The first-order valence-electron chi connectivity index (χ1n) is 6.15. The standard InChI is InChI=1S/C15H14O5/c1-2-14(16)19-9-3-8-18-12-6-4-11-5-7-15(17)20-13(11)10-12/h2,4-7,10H,1,3,8-9H2. The quantitative estimate of drug-likeness (QED) is 0.350. The first-order valence-corrected chi connectivity index (χ1v) is 6.15. The SMILES string of the molecule is C=CC(=O)OCCCOc1ccc2ccc(=O)oc2c1. The fourth-order valence-electron chi connectivity index (χ4n) is 1.61. The minimum atomic E-state index is -0.447. The highest BCUT2D eigenvalue weighted by molar-refractivity contribution is 5.81. The lowest BCUT2D eigenvalue weighted by atomic mass is 10.2. The van der Waals surface area contributed by atoms with Crippen LogP contribution in [0.1, 0.15) is 6.42 Å². The van der Waals surface area contributed by atoms with E-state index in [0.29, 0.717) is 24.4 Å². The van der Waals surface area contributed by atoms with Gasteiger partial charge in [0.2, 0.25) is 0 Å². The summed E-state index contributed by atoms with van der Waals surface area (Å²) in [4.78, 5) is 21.9. The lowest BCUT2D eigenvalue weighted by Crippen LogP contribution is -2.06. The van der Waals surface area contributed by atoms with Crippen molar-refractivity contribution < 1.29 is 18.7 Å². The molecule has 0 aliphatic carbocycles.